The van der Waals surface area contributed by atoms with E-state index in [1.165, 1.54) is 0 Å². The summed E-state index contributed by atoms with van der Waals surface area (Å²) in [6, 6.07) is 0.198. The molecule has 0 saturated heterocycles. The van der Waals surface area contributed by atoms with Crippen LogP contribution in [0.2, 0.25) is 0 Å². The van der Waals surface area contributed by atoms with Gasteiger partial charge in [-0.05, 0) is 19.3 Å². The van der Waals surface area contributed by atoms with Crippen molar-refractivity contribution in [2.75, 3.05) is 5.32 Å². The van der Waals surface area contributed by atoms with Crippen LogP contribution in [-0.4, -0.2) is 32.9 Å². The third-order valence-corrected chi connectivity index (χ3v) is 2.52. The van der Waals surface area contributed by atoms with E-state index < -0.39 is 18.0 Å². The molecule has 0 fully saturated rings. The smallest absolute Gasteiger partial charge is 0.326 e. The van der Waals surface area contributed by atoms with Crippen LogP contribution in [0.3, 0.4) is 0 Å². The summed E-state index contributed by atoms with van der Waals surface area (Å²) in [5, 5.41) is 18.0. The average Bonchev–Trinajstić information content (AvgIpc) is 2.75. The first-order valence-electron chi connectivity index (χ1n) is 6.26. The van der Waals surface area contributed by atoms with E-state index >= 15 is 0 Å². The zero-order chi connectivity index (χ0) is 14.4. The summed E-state index contributed by atoms with van der Waals surface area (Å²) >= 11 is 0. The lowest BCUT2D eigenvalue weighted by Gasteiger charge is -2.16. The van der Waals surface area contributed by atoms with E-state index in [9.17, 15) is 9.59 Å². The van der Waals surface area contributed by atoms with Crippen LogP contribution in [0.15, 0.2) is 12.3 Å². The number of nitrogens with one attached hydrogen (secondary N) is 2. The second-order valence-corrected chi connectivity index (χ2v) is 4.68. The molecule has 7 heteroatoms. The highest BCUT2D eigenvalue weighted by molar-refractivity contribution is 5.91. The molecule has 1 unspecified atom stereocenters. The molecule has 0 aromatic carbocycles. The van der Waals surface area contributed by atoms with Crippen LogP contribution in [0.25, 0.3) is 0 Å². The fourth-order valence-electron chi connectivity index (χ4n) is 1.61. The van der Waals surface area contributed by atoms with Crippen molar-refractivity contribution < 1.29 is 14.7 Å². The van der Waals surface area contributed by atoms with Gasteiger partial charge in [0.1, 0.15) is 6.04 Å². The van der Waals surface area contributed by atoms with Gasteiger partial charge in [0.15, 0.2) is 5.82 Å². The molecule has 7 nitrogen and oxygen atoms in total. The van der Waals surface area contributed by atoms with Gasteiger partial charge in [-0.3, -0.25) is 10.00 Å². The van der Waals surface area contributed by atoms with Crippen molar-refractivity contribution in [3.05, 3.63) is 12.3 Å². The van der Waals surface area contributed by atoms with E-state index in [1.54, 1.807) is 16.9 Å². The van der Waals surface area contributed by atoms with Gasteiger partial charge in [-0.15, -0.1) is 0 Å². The summed E-state index contributed by atoms with van der Waals surface area (Å²) in [5.41, 5.74) is 0. The molecule has 0 aliphatic rings. The van der Waals surface area contributed by atoms with E-state index in [2.05, 4.69) is 15.7 Å². The normalized spacial score (nSPS) is 12.2. The van der Waals surface area contributed by atoms with E-state index in [4.69, 9.17) is 5.11 Å². The van der Waals surface area contributed by atoms with Crippen LogP contribution in [-0.2, 0) is 11.3 Å². The molecule has 2 amide bonds. The highest BCUT2D eigenvalue weighted by Crippen LogP contribution is 2.06. The Kier molecular flexibility index (Phi) is 5.35. The van der Waals surface area contributed by atoms with Crippen molar-refractivity contribution in [3.63, 3.8) is 0 Å². The molecule has 1 atom stereocenters. The number of carbonyl (C=O) groups is 2. The van der Waals surface area contributed by atoms with Gasteiger partial charge in [0.25, 0.3) is 0 Å². The molecule has 0 aliphatic heterocycles. The third-order valence-electron chi connectivity index (χ3n) is 2.52. The Morgan fingerprint density at radius 3 is 2.63 bits per heavy atom. The van der Waals surface area contributed by atoms with Gasteiger partial charge in [-0.2, -0.15) is 5.10 Å². The molecule has 1 heterocycles. The monoisotopic (exact) mass is 268 g/mol. The maximum Gasteiger partial charge on any atom is 0.326 e. The predicted molar refractivity (Wildman–Crippen MR) is 70.9 cm³/mol. The number of carboxylic acid groups (broad SMARTS) is 1. The number of urea groups is 1. The molecule has 19 heavy (non-hydrogen) atoms. The summed E-state index contributed by atoms with van der Waals surface area (Å²) in [6.45, 7) is 6.44. The number of aliphatic carboxylic acids is 1. The number of hydrogen-bond acceptors (Lipinski definition) is 3. The van der Waals surface area contributed by atoms with Crippen LogP contribution in [0, 0.1) is 5.92 Å². The minimum atomic E-state index is -1.04. The molecule has 1 aromatic heterocycles. The lowest BCUT2D eigenvalue weighted by Crippen LogP contribution is -2.43. The topological polar surface area (TPSA) is 96.2 Å². The number of nitrogens with zero attached hydrogens (tertiary/aromatic N) is 2. The number of amides is 2. The Morgan fingerprint density at radius 1 is 1.47 bits per heavy atom. The molecule has 0 saturated carbocycles. The maximum absolute atomic E-state index is 11.7. The SMILES string of the molecule is CCn1ccc(NC(=O)NC(CC(C)C)C(=O)O)n1. The first-order valence-corrected chi connectivity index (χ1v) is 6.26. The van der Waals surface area contributed by atoms with Crippen molar-refractivity contribution in [2.45, 2.75) is 39.8 Å². The minimum absolute atomic E-state index is 0.181. The van der Waals surface area contributed by atoms with Crippen molar-refractivity contribution in [3.8, 4) is 0 Å². The number of anilines is 1. The number of aryl methyl sites for hydroxylation is 1. The summed E-state index contributed by atoms with van der Waals surface area (Å²) < 4.78 is 1.67. The quantitative estimate of drug-likeness (QED) is 0.728. The van der Waals surface area contributed by atoms with Crippen LogP contribution in [0.5, 0.6) is 0 Å². The molecule has 106 valence electrons. The Labute approximate surface area is 112 Å². The van der Waals surface area contributed by atoms with Gasteiger partial charge in [0.2, 0.25) is 0 Å². The lowest BCUT2D eigenvalue weighted by molar-refractivity contribution is -0.139. The number of aromatic nitrogens is 2. The zero-order valence-electron chi connectivity index (χ0n) is 11.4. The number of carboxylic acids is 1. The standard InChI is InChI=1S/C12H20N4O3/c1-4-16-6-5-10(15-16)14-12(19)13-9(11(17)18)7-8(2)3/h5-6,8-9H,4,7H2,1-3H3,(H,17,18)(H2,13,14,15,19). The van der Waals surface area contributed by atoms with Gasteiger partial charge < -0.3 is 10.4 Å². The Hall–Kier alpha value is -2.05. The van der Waals surface area contributed by atoms with Crippen molar-refractivity contribution >= 4 is 17.8 Å². The van der Waals surface area contributed by atoms with Gasteiger partial charge in [-0.25, -0.2) is 9.59 Å². The van der Waals surface area contributed by atoms with Crippen LogP contribution < -0.4 is 10.6 Å². The van der Waals surface area contributed by atoms with E-state index in [-0.39, 0.29) is 5.92 Å². The highest BCUT2D eigenvalue weighted by atomic mass is 16.4. The van der Waals surface area contributed by atoms with Crippen LogP contribution in [0.4, 0.5) is 10.6 Å². The van der Waals surface area contributed by atoms with Gasteiger partial charge in [0.05, 0.1) is 0 Å². The molecule has 0 radical (unpaired) electrons. The van der Waals surface area contributed by atoms with E-state index in [0.717, 1.165) is 0 Å². The van der Waals surface area contributed by atoms with Gasteiger partial charge >= 0.3 is 12.0 Å². The van der Waals surface area contributed by atoms with E-state index in [1.807, 2.05) is 20.8 Å². The molecular formula is C12H20N4O3. The number of carbonyl (C=O) groups excluding carboxylic acids is 1. The minimum Gasteiger partial charge on any atom is -0.480 e. The second-order valence-electron chi connectivity index (χ2n) is 4.68. The highest BCUT2D eigenvalue weighted by Gasteiger charge is 2.21. The van der Waals surface area contributed by atoms with Crippen molar-refractivity contribution in [2.24, 2.45) is 5.92 Å². The number of hydrogen-bond donors (Lipinski definition) is 3. The molecule has 0 aliphatic carbocycles. The molecule has 0 spiro atoms. The summed E-state index contributed by atoms with van der Waals surface area (Å²) in [4.78, 5) is 22.7. The molecule has 1 aromatic rings. The van der Waals surface area contributed by atoms with Gasteiger partial charge in [-0.1, -0.05) is 13.8 Å². The van der Waals surface area contributed by atoms with E-state index in [0.29, 0.717) is 18.8 Å². The fourth-order valence-corrected chi connectivity index (χ4v) is 1.61. The first-order chi connectivity index (χ1) is 8.92. The lowest BCUT2D eigenvalue weighted by atomic mass is 10.0. The predicted octanol–water partition coefficient (Wildman–Crippen LogP) is 1.52. The molecule has 3 N–H and O–H groups in total. The van der Waals surface area contributed by atoms with Crippen LogP contribution in [0.1, 0.15) is 27.2 Å². The van der Waals surface area contributed by atoms with Crippen molar-refractivity contribution in [1.82, 2.24) is 15.1 Å². The molecule has 1 rings (SSSR count). The number of rotatable bonds is 6. The summed E-state index contributed by atoms with van der Waals surface area (Å²) in [7, 11) is 0. The van der Waals surface area contributed by atoms with Crippen LogP contribution >= 0.6 is 0 Å². The summed E-state index contributed by atoms with van der Waals surface area (Å²) in [6.07, 6.45) is 2.12. The molecular weight excluding hydrogens is 248 g/mol. The zero-order valence-corrected chi connectivity index (χ0v) is 11.4. The fraction of sp³-hybridized carbons (Fsp3) is 0.583. The average molecular weight is 268 g/mol. The maximum atomic E-state index is 11.7. The third kappa shape index (κ3) is 4.99. The second kappa shape index (κ2) is 6.77. The largest absolute Gasteiger partial charge is 0.480 e. The Bertz CT molecular complexity index is 442. The Balaban J connectivity index is 2.54. The molecule has 0 bridgehead atoms. The van der Waals surface area contributed by atoms with Gasteiger partial charge in [0, 0.05) is 18.8 Å². The summed E-state index contributed by atoms with van der Waals surface area (Å²) in [5.74, 6) is -0.461. The Morgan fingerprint density at radius 2 is 2.16 bits per heavy atom. The van der Waals surface area contributed by atoms with Crippen molar-refractivity contribution in [1.29, 1.82) is 0 Å². The first kappa shape index (κ1) is 15.0.